The lowest BCUT2D eigenvalue weighted by molar-refractivity contribution is 0.136. The second-order valence-electron chi connectivity index (χ2n) is 7.27. The summed E-state index contributed by atoms with van der Waals surface area (Å²) in [4.78, 5) is 0. The molecule has 100 valence electrons. The summed E-state index contributed by atoms with van der Waals surface area (Å²) >= 11 is 2.34. The minimum Gasteiger partial charge on any atom is -0.155 e. The van der Waals surface area contributed by atoms with E-state index in [1.807, 2.05) is 0 Å². The van der Waals surface area contributed by atoms with Gasteiger partial charge in [-0.25, -0.2) is 0 Å². The highest BCUT2D eigenvalue weighted by Gasteiger charge is 2.47. The van der Waals surface area contributed by atoms with Gasteiger partial charge in [0.2, 0.25) is 0 Å². The first-order valence-corrected chi connectivity index (χ1v) is 8.57. The Morgan fingerprint density at radius 1 is 1.00 bits per heavy atom. The second kappa shape index (κ2) is 5.15. The number of rotatable bonds is 1. The van der Waals surface area contributed by atoms with Crippen LogP contribution in [0.1, 0.15) is 60.3 Å². The molecule has 1 spiro atoms. The minimum atomic E-state index is 0.637. The molecule has 0 aromatic rings. The molecule has 1 saturated heterocycles. The van der Waals surface area contributed by atoms with Gasteiger partial charge in [-0.15, -0.1) is 0 Å². The van der Waals surface area contributed by atoms with E-state index in [4.69, 9.17) is 0 Å². The zero-order valence-corrected chi connectivity index (χ0v) is 13.1. The van der Waals surface area contributed by atoms with Crippen molar-refractivity contribution in [2.75, 3.05) is 5.75 Å². The van der Waals surface area contributed by atoms with Crippen molar-refractivity contribution in [3.8, 4) is 0 Å². The fourth-order valence-electron chi connectivity index (χ4n) is 4.18. The lowest BCUT2D eigenvalue weighted by Gasteiger charge is -2.53. The van der Waals surface area contributed by atoms with Crippen LogP contribution in [0.4, 0.5) is 0 Å². The molecule has 0 radical (unpaired) electrons. The summed E-state index contributed by atoms with van der Waals surface area (Å²) in [7, 11) is 0. The van der Waals surface area contributed by atoms with Crippen molar-refractivity contribution in [2.24, 2.45) is 29.6 Å². The summed E-state index contributed by atoms with van der Waals surface area (Å²) in [5, 5.41) is 0. The van der Waals surface area contributed by atoms with Crippen molar-refractivity contribution < 1.29 is 0 Å². The van der Waals surface area contributed by atoms with Crippen LogP contribution in [0.5, 0.6) is 0 Å². The molecule has 0 nitrogen and oxygen atoms in total. The van der Waals surface area contributed by atoms with Crippen molar-refractivity contribution in [3.63, 3.8) is 0 Å². The molecule has 1 heterocycles. The van der Waals surface area contributed by atoms with Gasteiger partial charge in [-0.1, -0.05) is 41.0 Å². The first-order chi connectivity index (χ1) is 7.94. The van der Waals surface area contributed by atoms with Gasteiger partial charge in [0, 0.05) is 4.75 Å². The zero-order chi connectivity index (χ0) is 12.6. The lowest BCUT2D eigenvalue weighted by Crippen LogP contribution is -2.47. The molecule has 1 aliphatic heterocycles. The molecule has 5 unspecified atom stereocenters. The van der Waals surface area contributed by atoms with Gasteiger partial charge in [0.15, 0.2) is 0 Å². The monoisotopic (exact) mass is 254 g/mol. The fourth-order valence-corrected chi connectivity index (χ4v) is 6.49. The standard InChI is InChI=1S/C16H30S/c1-11(2)15-7-6-12(3)8-16(15)9-13(4)14(5)10-17-16/h11-15H,6-10H2,1-5H3. The quantitative estimate of drug-likeness (QED) is 0.617. The SMILES string of the molecule is CC1CCC(C(C)C)C2(C1)CC(C)C(C)CS2. The van der Waals surface area contributed by atoms with E-state index in [1.54, 1.807) is 0 Å². The first kappa shape index (κ1) is 13.8. The van der Waals surface area contributed by atoms with E-state index in [2.05, 4.69) is 46.4 Å². The largest absolute Gasteiger partial charge is 0.155 e. The topological polar surface area (TPSA) is 0 Å². The van der Waals surface area contributed by atoms with E-state index in [1.165, 1.54) is 31.4 Å². The molecule has 0 N–H and O–H groups in total. The maximum absolute atomic E-state index is 2.49. The van der Waals surface area contributed by atoms with Crippen molar-refractivity contribution in [2.45, 2.75) is 65.0 Å². The molecular weight excluding hydrogens is 224 g/mol. The molecule has 1 saturated carbocycles. The molecule has 2 fully saturated rings. The Bertz CT molecular complexity index is 260. The van der Waals surface area contributed by atoms with Crippen LogP contribution in [0.2, 0.25) is 0 Å². The summed E-state index contributed by atoms with van der Waals surface area (Å²) in [5.41, 5.74) is 0. The maximum atomic E-state index is 2.49. The Morgan fingerprint density at radius 2 is 1.71 bits per heavy atom. The van der Waals surface area contributed by atoms with E-state index in [-0.39, 0.29) is 0 Å². The van der Waals surface area contributed by atoms with Gasteiger partial charge in [0.05, 0.1) is 0 Å². The lowest BCUT2D eigenvalue weighted by atomic mass is 9.65. The second-order valence-corrected chi connectivity index (χ2v) is 8.71. The number of hydrogen-bond donors (Lipinski definition) is 0. The van der Waals surface area contributed by atoms with E-state index in [9.17, 15) is 0 Å². The molecule has 1 heteroatoms. The van der Waals surface area contributed by atoms with Crippen LogP contribution >= 0.6 is 11.8 Å². The molecule has 0 aromatic carbocycles. The Balaban J connectivity index is 2.18. The van der Waals surface area contributed by atoms with Crippen LogP contribution < -0.4 is 0 Å². The summed E-state index contributed by atoms with van der Waals surface area (Å²) in [6.45, 7) is 12.3. The van der Waals surface area contributed by atoms with Crippen LogP contribution in [-0.2, 0) is 0 Å². The van der Waals surface area contributed by atoms with Gasteiger partial charge in [0.1, 0.15) is 0 Å². The third kappa shape index (κ3) is 2.69. The van der Waals surface area contributed by atoms with Crippen LogP contribution in [0.15, 0.2) is 0 Å². The maximum Gasteiger partial charge on any atom is 0.0196 e. The third-order valence-corrected chi connectivity index (χ3v) is 7.32. The minimum absolute atomic E-state index is 0.637. The fraction of sp³-hybridized carbons (Fsp3) is 1.00. The predicted octanol–water partition coefficient (Wildman–Crippen LogP) is 5.23. The van der Waals surface area contributed by atoms with Gasteiger partial charge in [-0.05, 0) is 54.6 Å². The molecule has 1 aliphatic carbocycles. The number of thioether (sulfide) groups is 1. The Labute approximate surface area is 112 Å². The van der Waals surface area contributed by atoms with Crippen molar-refractivity contribution in [1.29, 1.82) is 0 Å². The molecule has 17 heavy (non-hydrogen) atoms. The normalized spacial score (nSPS) is 47.6. The van der Waals surface area contributed by atoms with Crippen LogP contribution in [0, 0.1) is 29.6 Å². The highest BCUT2D eigenvalue weighted by molar-refractivity contribution is 8.00. The smallest absolute Gasteiger partial charge is 0.0196 e. The van der Waals surface area contributed by atoms with Gasteiger partial charge < -0.3 is 0 Å². The van der Waals surface area contributed by atoms with Crippen LogP contribution in [0.25, 0.3) is 0 Å². The van der Waals surface area contributed by atoms with Crippen molar-refractivity contribution in [3.05, 3.63) is 0 Å². The molecule has 0 amide bonds. The van der Waals surface area contributed by atoms with Crippen molar-refractivity contribution >= 4 is 11.8 Å². The van der Waals surface area contributed by atoms with E-state index >= 15 is 0 Å². The van der Waals surface area contributed by atoms with E-state index in [0.29, 0.717) is 4.75 Å². The van der Waals surface area contributed by atoms with Gasteiger partial charge in [-0.2, -0.15) is 11.8 Å². The highest BCUT2D eigenvalue weighted by atomic mass is 32.2. The van der Waals surface area contributed by atoms with Crippen LogP contribution in [0.3, 0.4) is 0 Å². The van der Waals surface area contributed by atoms with Gasteiger partial charge in [0.25, 0.3) is 0 Å². The zero-order valence-electron chi connectivity index (χ0n) is 12.3. The average Bonchev–Trinajstić information content (AvgIpc) is 2.23. The molecule has 2 rings (SSSR count). The molecule has 5 atom stereocenters. The van der Waals surface area contributed by atoms with Crippen LogP contribution in [-0.4, -0.2) is 10.5 Å². The predicted molar refractivity (Wildman–Crippen MR) is 79.5 cm³/mol. The molecular formula is C16H30S. The van der Waals surface area contributed by atoms with E-state index in [0.717, 1.165) is 29.6 Å². The van der Waals surface area contributed by atoms with Gasteiger partial charge in [-0.3, -0.25) is 0 Å². The average molecular weight is 254 g/mol. The molecule has 0 bridgehead atoms. The highest BCUT2D eigenvalue weighted by Crippen LogP contribution is 2.56. The number of hydrogen-bond acceptors (Lipinski definition) is 1. The summed E-state index contributed by atoms with van der Waals surface area (Å²) in [6, 6.07) is 0. The molecule has 2 aliphatic rings. The summed E-state index contributed by atoms with van der Waals surface area (Å²) in [5.74, 6) is 6.06. The first-order valence-electron chi connectivity index (χ1n) is 7.58. The Hall–Kier alpha value is 0.350. The summed E-state index contributed by atoms with van der Waals surface area (Å²) in [6.07, 6.45) is 5.91. The Kier molecular flexibility index (Phi) is 4.17. The third-order valence-electron chi connectivity index (χ3n) is 5.42. The molecule has 0 aromatic heterocycles. The van der Waals surface area contributed by atoms with Gasteiger partial charge >= 0.3 is 0 Å². The van der Waals surface area contributed by atoms with E-state index < -0.39 is 0 Å². The Morgan fingerprint density at radius 3 is 2.29 bits per heavy atom. The summed E-state index contributed by atoms with van der Waals surface area (Å²) < 4.78 is 0.637. The van der Waals surface area contributed by atoms with Crippen molar-refractivity contribution in [1.82, 2.24) is 0 Å².